The van der Waals surface area contributed by atoms with Gasteiger partial charge in [0.1, 0.15) is 28.4 Å². The van der Waals surface area contributed by atoms with Crippen LogP contribution in [0.4, 0.5) is 0 Å². The molecule has 6 heteroatoms. The van der Waals surface area contributed by atoms with Crippen molar-refractivity contribution in [2.24, 2.45) is 0 Å². The van der Waals surface area contributed by atoms with Gasteiger partial charge in [-0.3, -0.25) is 0 Å². The molecule has 1 aromatic heterocycles. The number of carbonyl (C=O) groups is 1. The molecule has 0 aliphatic carbocycles. The van der Waals surface area contributed by atoms with Gasteiger partial charge in [0.2, 0.25) is 0 Å². The van der Waals surface area contributed by atoms with Crippen LogP contribution in [0, 0.1) is 0 Å². The lowest BCUT2D eigenvalue weighted by Gasteiger charge is -2.10. The van der Waals surface area contributed by atoms with Gasteiger partial charge in [-0.2, -0.15) is 0 Å². The Balaban J connectivity index is 2.27. The number of ether oxygens (including phenoxy) is 4. The number of hydrogen-bond donors (Lipinski definition) is 0. The van der Waals surface area contributed by atoms with E-state index in [1.165, 1.54) is 0 Å². The lowest BCUT2D eigenvalue weighted by molar-refractivity contribution is 0.0528. The first-order chi connectivity index (χ1) is 12.6. The molecule has 0 N–H and O–H groups in total. The average Bonchev–Trinajstić information content (AvgIpc) is 3.05. The van der Waals surface area contributed by atoms with Crippen LogP contribution in [-0.2, 0) is 4.74 Å². The highest BCUT2D eigenvalue weighted by atomic mass is 16.5. The lowest BCUT2D eigenvalue weighted by atomic mass is 10.0. The maximum absolute atomic E-state index is 12.6. The van der Waals surface area contributed by atoms with Crippen molar-refractivity contribution in [3.63, 3.8) is 0 Å². The zero-order valence-corrected chi connectivity index (χ0v) is 15.1. The molecular formula is C20H20O6. The van der Waals surface area contributed by atoms with Crippen LogP contribution in [0.25, 0.3) is 22.3 Å². The molecule has 0 aliphatic heterocycles. The highest BCUT2D eigenvalue weighted by Crippen LogP contribution is 2.41. The van der Waals surface area contributed by atoms with E-state index in [-0.39, 0.29) is 6.61 Å². The quantitative estimate of drug-likeness (QED) is 0.614. The minimum Gasteiger partial charge on any atom is -0.497 e. The molecule has 0 amide bonds. The number of fused-ring (bicyclic) bond motifs is 1. The van der Waals surface area contributed by atoms with E-state index in [0.717, 1.165) is 0 Å². The van der Waals surface area contributed by atoms with Crippen LogP contribution in [0.5, 0.6) is 17.2 Å². The molecule has 0 saturated carbocycles. The Morgan fingerprint density at radius 2 is 1.65 bits per heavy atom. The average molecular weight is 356 g/mol. The fourth-order valence-corrected chi connectivity index (χ4v) is 2.79. The SMILES string of the molecule is CCOC(=O)c1c(-c2ccc(OC)cc2OC)oc2cc(OC)ccc12. The van der Waals surface area contributed by atoms with Crippen LogP contribution in [0.1, 0.15) is 17.3 Å². The summed E-state index contributed by atoms with van der Waals surface area (Å²) < 4.78 is 27.2. The molecule has 3 aromatic rings. The van der Waals surface area contributed by atoms with Crippen LogP contribution >= 0.6 is 0 Å². The van der Waals surface area contributed by atoms with Gasteiger partial charge in [0.25, 0.3) is 0 Å². The first kappa shape index (κ1) is 17.7. The van der Waals surface area contributed by atoms with E-state index in [4.69, 9.17) is 23.4 Å². The smallest absolute Gasteiger partial charge is 0.342 e. The summed E-state index contributed by atoms with van der Waals surface area (Å²) in [6, 6.07) is 10.6. The predicted octanol–water partition coefficient (Wildman–Crippen LogP) is 4.30. The summed E-state index contributed by atoms with van der Waals surface area (Å²) in [6.45, 7) is 2.03. The molecule has 3 rings (SSSR count). The normalized spacial score (nSPS) is 10.6. The third kappa shape index (κ3) is 3.06. The van der Waals surface area contributed by atoms with Crippen LogP contribution in [-0.4, -0.2) is 33.9 Å². The Hall–Kier alpha value is -3.15. The van der Waals surface area contributed by atoms with Gasteiger partial charge in [0, 0.05) is 17.5 Å². The van der Waals surface area contributed by atoms with Crippen molar-refractivity contribution in [3.05, 3.63) is 42.0 Å². The number of rotatable bonds is 6. The number of furan rings is 1. The Morgan fingerprint density at radius 1 is 0.962 bits per heavy atom. The first-order valence-corrected chi connectivity index (χ1v) is 8.13. The molecule has 0 radical (unpaired) electrons. The van der Waals surface area contributed by atoms with Gasteiger partial charge in [-0.05, 0) is 31.2 Å². The largest absolute Gasteiger partial charge is 0.497 e. The molecule has 0 aliphatic rings. The van der Waals surface area contributed by atoms with E-state index in [9.17, 15) is 4.79 Å². The van der Waals surface area contributed by atoms with E-state index in [0.29, 0.717) is 45.1 Å². The standard InChI is InChI=1S/C20H20O6/c1-5-25-20(21)18-14-8-6-13(23-3)11-17(14)26-19(18)15-9-7-12(22-2)10-16(15)24-4/h6-11H,5H2,1-4H3. The summed E-state index contributed by atoms with van der Waals surface area (Å²) in [4.78, 5) is 12.6. The highest BCUT2D eigenvalue weighted by molar-refractivity contribution is 6.09. The van der Waals surface area contributed by atoms with Crippen molar-refractivity contribution in [2.75, 3.05) is 27.9 Å². The predicted molar refractivity (Wildman–Crippen MR) is 97.3 cm³/mol. The van der Waals surface area contributed by atoms with Gasteiger partial charge in [0.05, 0.1) is 33.5 Å². The van der Waals surface area contributed by atoms with E-state index in [1.54, 1.807) is 64.7 Å². The molecule has 0 unspecified atom stereocenters. The minimum atomic E-state index is -0.454. The van der Waals surface area contributed by atoms with E-state index in [1.807, 2.05) is 0 Å². The molecule has 6 nitrogen and oxygen atoms in total. The van der Waals surface area contributed by atoms with Crippen molar-refractivity contribution in [1.29, 1.82) is 0 Å². The van der Waals surface area contributed by atoms with Crippen LogP contribution in [0.2, 0.25) is 0 Å². The molecular weight excluding hydrogens is 336 g/mol. The summed E-state index contributed by atoms with van der Waals surface area (Å²) in [5, 5.41) is 0.650. The molecule has 136 valence electrons. The van der Waals surface area contributed by atoms with Crippen LogP contribution < -0.4 is 14.2 Å². The second-order valence-corrected chi connectivity index (χ2v) is 5.45. The molecule has 2 aromatic carbocycles. The van der Waals surface area contributed by atoms with Crippen molar-refractivity contribution in [1.82, 2.24) is 0 Å². The van der Waals surface area contributed by atoms with Crippen molar-refractivity contribution < 1.29 is 28.2 Å². The molecule has 0 spiro atoms. The maximum atomic E-state index is 12.6. The Labute approximate surface area is 151 Å². The maximum Gasteiger partial charge on any atom is 0.342 e. The number of methoxy groups -OCH3 is 3. The molecule has 0 bridgehead atoms. The zero-order valence-electron chi connectivity index (χ0n) is 15.1. The first-order valence-electron chi connectivity index (χ1n) is 8.13. The molecule has 26 heavy (non-hydrogen) atoms. The monoisotopic (exact) mass is 356 g/mol. The molecule has 0 fully saturated rings. The topological polar surface area (TPSA) is 67.1 Å². The Kier molecular flexibility index (Phi) is 5.02. The fourth-order valence-electron chi connectivity index (χ4n) is 2.79. The molecule has 0 atom stereocenters. The van der Waals surface area contributed by atoms with E-state index in [2.05, 4.69) is 0 Å². The second kappa shape index (κ2) is 7.39. The Bertz CT molecular complexity index is 941. The number of carbonyl (C=O) groups excluding carboxylic acids is 1. The minimum absolute atomic E-state index is 0.265. The van der Waals surface area contributed by atoms with Crippen molar-refractivity contribution >= 4 is 16.9 Å². The third-order valence-electron chi connectivity index (χ3n) is 4.03. The second-order valence-electron chi connectivity index (χ2n) is 5.45. The number of hydrogen-bond acceptors (Lipinski definition) is 6. The molecule has 0 saturated heterocycles. The lowest BCUT2D eigenvalue weighted by Crippen LogP contribution is -2.05. The van der Waals surface area contributed by atoms with Gasteiger partial charge >= 0.3 is 5.97 Å². The van der Waals surface area contributed by atoms with Gasteiger partial charge in [-0.15, -0.1) is 0 Å². The number of esters is 1. The van der Waals surface area contributed by atoms with Gasteiger partial charge in [-0.1, -0.05) is 0 Å². The number of benzene rings is 2. The fraction of sp³-hybridized carbons (Fsp3) is 0.250. The third-order valence-corrected chi connectivity index (χ3v) is 4.03. The van der Waals surface area contributed by atoms with E-state index < -0.39 is 5.97 Å². The van der Waals surface area contributed by atoms with Gasteiger partial charge < -0.3 is 23.4 Å². The van der Waals surface area contributed by atoms with Crippen LogP contribution in [0.3, 0.4) is 0 Å². The summed E-state index contributed by atoms with van der Waals surface area (Å²) >= 11 is 0. The summed E-state index contributed by atoms with van der Waals surface area (Å²) in [7, 11) is 4.70. The van der Waals surface area contributed by atoms with Gasteiger partial charge in [-0.25, -0.2) is 4.79 Å². The Morgan fingerprint density at radius 3 is 2.31 bits per heavy atom. The van der Waals surface area contributed by atoms with Gasteiger partial charge in [0.15, 0.2) is 5.76 Å². The highest BCUT2D eigenvalue weighted by Gasteiger charge is 2.25. The van der Waals surface area contributed by atoms with E-state index >= 15 is 0 Å². The summed E-state index contributed by atoms with van der Waals surface area (Å²) in [5.41, 5.74) is 1.51. The van der Waals surface area contributed by atoms with Crippen LogP contribution in [0.15, 0.2) is 40.8 Å². The van der Waals surface area contributed by atoms with Crippen molar-refractivity contribution in [2.45, 2.75) is 6.92 Å². The zero-order chi connectivity index (χ0) is 18.7. The van der Waals surface area contributed by atoms with Crippen molar-refractivity contribution in [3.8, 4) is 28.6 Å². The molecule has 1 heterocycles. The summed E-state index contributed by atoms with van der Waals surface area (Å²) in [6.07, 6.45) is 0. The summed E-state index contributed by atoms with van der Waals surface area (Å²) in [5.74, 6) is 1.73.